The van der Waals surface area contributed by atoms with Crippen LogP contribution < -0.4 is 20.2 Å². The van der Waals surface area contributed by atoms with Gasteiger partial charge in [-0.2, -0.15) is 5.10 Å². The summed E-state index contributed by atoms with van der Waals surface area (Å²) in [5, 5.41) is 7.42. The van der Waals surface area contributed by atoms with Gasteiger partial charge in [0.2, 0.25) is 11.3 Å². The van der Waals surface area contributed by atoms with E-state index in [0.29, 0.717) is 35.6 Å². The summed E-state index contributed by atoms with van der Waals surface area (Å²) in [6.45, 7) is 0.715. The molecule has 1 aliphatic rings. The van der Waals surface area contributed by atoms with Crippen LogP contribution in [0.5, 0.6) is 11.5 Å². The molecule has 3 aromatic rings. The number of hydrogen-bond donors (Lipinski definition) is 1. The number of aromatic nitrogens is 2. The maximum atomic E-state index is 12.3. The topological polar surface area (TPSA) is 82.5 Å². The van der Waals surface area contributed by atoms with E-state index in [-0.39, 0.29) is 24.0 Å². The first-order chi connectivity index (χ1) is 12.7. The molecule has 1 N–H and O–H groups in total. The molecule has 1 aromatic heterocycles. The van der Waals surface area contributed by atoms with Crippen molar-refractivity contribution in [1.29, 1.82) is 0 Å². The van der Waals surface area contributed by atoms with E-state index in [1.807, 2.05) is 30.3 Å². The summed E-state index contributed by atoms with van der Waals surface area (Å²) < 4.78 is 13.0. The highest BCUT2D eigenvalue weighted by molar-refractivity contribution is 5.81. The zero-order chi connectivity index (χ0) is 17.9. The van der Waals surface area contributed by atoms with Crippen LogP contribution in [0.3, 0.4) is 0 Å². The van der Waals surface area contributed by atoms with Gasteiger partial charge >= 0.3 is 0 Å². The van der Waals surface area contributed by atoms with Crippen molar-refractivity contribution in [3.8, 4) is 11.5 Å². The Balaban J connectivity index is 1.40. The van der Waals surface area contributed by atoms with Gasteiger partial charge in [-0.1, -0.05) is 24.3 Å². The molecule has 0 bridgehead atoms. The van der Waals surface area contributed by atoms with Crippen LogP contribution in [0.1, 0.15) is 0 Å². The Morgan fingerprint density at radius 3 is 2.81 bits per heavy atom. The SMILES string of the molecule is O=C(Cn1ncc(=O)c2ccccc21)NCC1COc2ccccc2O1. The van der Waals surface area contributed by atoms with Gasteiger partial charge in [0, 0.05) is 5.39 Å². The molecule has 0 aliphatic carbocycles. The molecule has 1 aliphatic heterocycles. The summed E-state index contributed by atoms with van der Waals surface area (Å²) in [4.78, 5) is 24.1. The smallest absolute Gasteiger partial charge is 0.241 e. The van der Waals surface area contributed by atoms with Crippen LogP contribution in [0.2, 0.25) is 0 Å². The van der Waals surface area contributed by atoms with Crippen molar-refractivity contribution in [2.75, 3.05) is 13.2 Å². The summed E-state index contributed by atoms with van der Waals surface area (Å²) >= 11 is 0. The molecule has 4 rings (SSSR count). The zero-order valence-electron chi connectivity index (χ0n) is 13.9. The third-order valence-electron chi connectivity index (χ3n) is 4.15. The monoisotopic (exact) mass is 351 g/mol. The van der Waals surface area contributed by atoms with Crippen LogP contribution >= 0.6 is 0 Å². The Hall–Kier alpha value is -3.35. The van der Waals surface area contributed by atoms with E-state index in [1.54, 1.807) is 18.2 Å². The van der Waals surface area contributed by atoms with E-state index < -0.39 is 0 Å². The number of para-hydroxylation sites is 3. The number of fused-ring (bicyclic) bond motifs is 2. The molecule has 0 saturated carbocycles. The predicted octanol–water partition coefficient (Wildman–Crippen LogP) is 1.35. The number of ether oxygens (including phenoxy) is 2. The number of benzene rings is 2. The van der Waals surface area contributed by atoms with Crippen molar-refractivity contribution < 1.29 is 14.3 Å². The van der Waals surface area contributed by atoms with E-state index in [0.717, 1.165) is 0 Å². The van der Waals surface area contributed by atoms with Gasteiger partial charge in [0.05, 0.1) is 18.3 Å². The number of nitrogens with one attached hydrogen (secondary N) is 1. The van der Waals surface area contributed by atoms with Gasteiger partial charge in [0.15, 0.2) is 11.5 Å². The van der Waals surface area contributed by atoms with E-state index in [9.17, 15) is 9.59 Å². The molecular weight excluding hydrogens is 334 g/mol. The molecule has 0 radical (unpaired) electrons. The van der Waals surface area contributed by atoms with E-state index in [2.05, 4.69) is 10.4 Å². The fraction of sp³-hybridized carbons (Fsp3) is 0.211. The lowest BCUT2D eigenvalue weighted by atomic mass is 10.2. The molecule has 0 fully saturated rings. The third-order valence-corrected chi connectivity index (χ3v) is 4.15. The van der Waals surface area contributed by atoms with E-state index >= 15 is 0 Å². The Morgan fingerprint density at radius 1 is 1.15 bits per heavy atom. The van der Waals surface area contributed by atoms with Crippen LogP contribution in [0.15, 0.2) is 59.5 Å². The van der Waals surface area contributed by atoms with Gasteiger partial charge in [-0.25, -0.2) is 0 Å². The highest BCUT2D eigenvalue weighted by Gasteiger charge is 2.21. The molecule has 1 amide bonds. The second-order valence-corrected chi connectivity index (χ2v) is 5.99. The van der Waals surface area contributed by atoms with Crippen LogP contribution in [-0.2, 0) is 11.3 Å². The van der Waals surface area contributed by atoms with Crippen molar-refractivity contribution in [2.45, 2.75) is 12.6 Å². The Labute approximate surface area is 149 Å². The van der Waals surface area contributed by atoms with Gasteiger partial charge in [-0.3, -0.25) is 14.3 Å². The van der Waals surface area contributed by atoms with Gasteiger partial charge < -0.3 is 14.8 Å². The zero-order valence-corrected chi connectivity index (χ0v) is 13.9. The average molecular weight is 351 g/mol. The number of nitrogens with zero attached hydrogens (tertiary/aromatic N) is 2. The van der Waals surface area contributed by atoms with E-state index in [4.69, 9.17) is 9.47 Å². The fourth-order valence-corrected chi connectivity index (χ4v) is 2.87. The quantitative estimate of drug-likeness (QED) is 0.767. The number of carbonyl (C=O) groups excluding carboxylic acids is 1. The summed E-state index contributed by atoms with van der Waals surface area (Å²) in [5.74, 6) is 1.17. The van der Waals surface area contributed by atoms with E-state index in [1.165, 1.54) is 10.9 Å². The molecule has 0 spiro atoms. The Kier molecular flexibility index (Phi) is 4.27. The molecular formula is C19H17N3O4. The Bertz CT molecular complexity index is 1010. The van der Waals surface area contributed by atoms with Gasteiger partial charge in [0.25, 0.3) is 0 Å². The fourth-order valence-electron chi connectivity index (χ4n) is 2.87. The first-order valence-electron chi connectivity index (χ1n) is 8.31. The second-order valence-electron chi connectivity index (χ2n) is 5.99. The standard InChI is InChI=1S/C19H17N3O4/c23-16-10-21-22(15-6-2-1-5-14(15)16)11-19(24)20-9-13-12-25-17-7-3-4-8-18(17)26-13/h1-8,10,13H,9,11-12H2,(H,20,24). The van der Waals surface area contributed by atoms with Crippen molar-refractivity contribution in [2.24, 2.45) is 0 Å². The largest absolute Gasteiger partial charge is 0.486 e. The molecule has 1 unspecified atom stereocenters. The van der Waals surface area contributed by atoms with Gasteiger partial charge in [-0.05, 0) is 24.3 Å². The molecule has 2 heterocycles. The maximum Gasteiger partial charge on any atom is 0.241 e. The molecule has 132 valence electrons. The molecule has 7 nitrogen and oxygen atoms in total. The van der Waals surface area contributed by atoms with Gasteiger partial charge in [0.1, 0.15) is 19.3 Å². The number of rotatable bonds is 4. The Morgan fingerprint density at radius 2 is 1.92 bits per heavy atom. The van der Waals surface area contributed by atoms with Crippen LogP contribution in [0.25, 0.3) is 10.9 Å². The number of hydrogen-bond acceptors (Lipinski definition) is 5. The first kappa shape index (κ1) is 16.1. The van der Waals surface area contributed by atoms with Gasteiger partial charge in [-0.15, -0.1) is 0 Å². The summed E-state index contributed by atoms with van der Waals surface area (Å²) in [6.07, 6.45) is 0.970. The normalized spacial score (nSPS) is 15.6. The lowest BCUT2D eigenvalue weighted by Crippen LogP contribution is -2.41. The first-order valence-corrected chi connectivity index (χ1v) is 8.31. The lowest BCUT2D eigenvalue weighted by Gasteiger charge is -2.26. The average Bonchev–Trinajstić information content (AvgIpc) is 2.68. The highest BCUT2D eigenvalue weighted by atomic mass is 16.6. The van der Waals surface area contributed by atoms with Crippen LogP contribution in [0, 0.1) is 0 Å². The van der Waals surface area contributed by atoms with Crippen LogP contribution in [0.4, 0.5) is 0 Å². The lowest BCUT2D eigenvalue weighted by molar-refractivity contribution is -0.122. The summed E-state index contributed by atoms with van der Waals surface area (Å²) in [7, 11) is 0. The van der Waals surface area contributed by atoms with Crippen molar-refractivity contribution >= 4 is 16.8 Å². The molecule has 1 atom stereocenters. The predicted molar refractivity (Wildman–Crippen MR) is 95.4 cm³/mol. The number of carbonyl (C=O) groups is 1. The third kappa shape index (κ3) is 3.23. The molecule has 26 heavy (non-hydrogen) atoms. The number of amides is 1. The maximum absolute atomic E-state index is 12.3. The minimum atomic E-state index is -0.257. The molecule has 0 saturated heterocycles. The van der Waals surface area contributed by atoms with Crippen LogP contribution in [-0.4, -0.2) is 34.9 Å². The molecule has 2 aromatic carbocycles. The molecule has 7 heteroatoms. The van der Waals surface area contributed by atoms with Crippen molar-refractivity contribution in [3.63, 3.8) is 0 Å². The van der Waals surface area contributed by atoms with Crippen molar-refractivity contribution in [1.82, 2.24) is 15.1 Å². The second kappa shape index (κ2) is 6.87. The minimum absolute atomic E-state index is 0.0188. The highest BCUT2D eigenvalue weighted by Crippen LogP contribution is 2.30. The van der Waals surface area contributed by atoms with Crippen molar-refractivity contribution in [3.05, 3.63) is 65.0 Å². The summed E-state index contributed by atoms with van der Waals surface area (Å²) in [6, 6.07) is 14.5. The minimum Gasteiger partial charge on any atom is -0.486 e. The summed E-state index contributed by atoms with van der Waals surface area (Å²) in [5.41, 5.74) is 0.463.